The zero-order valence-electron chi connectivity index (χ0n) is 14.8. The Labute approximate surface area is 148 Å². The fourth-order valence-electron chi connectivity index (χ4n) is 3.29. The maximum atomic E-state index is 12.4. The number of fused-ring (bicyclic) bond motifs is 1. The van der Waals surface area contributed by atoms with Crippen molar-refractivity contribution < 1.29 is 9.59 Å². The molecule has 0 saturated carbocycles. The molecule has 1 unspecified atom stereocenters. The fraction of sp³-hybridized carbons (Fsp3) is 0.333. The molecule has 2 aromatic carbocycles. The van der Waals surface area contributed by atoms with Crippen LogP contribution in [0, 0.1) is 0 Å². The van der Waals surface area contributed by atoms with Crippen molar-refractivity contribution in [2.24, 2.45) is 0 Å². The predicted molar refractivity (Wildman–Crippen MR) is 99.5 cm³/mol. The van der Waals surface area contributed by atoms with Gasteiger partial charge in [-0.2, -0.15) is 0 Å². The average molecular weight is 336 g/mol. The van der Waals surface area contributed by atoms with Crippen LogP contribution in [0.4, 0.5) is 5.69 Å². The van der Waals surface area contributed by atoms with Crippen LogP contribution in [-0.2, 0) is 22.4 Å². The number of likely N-dealkylation sites (N-methyl/N-ethyl adjacent to an activating group) is 1. The van der Waals surface area contributed by atoms with Gasteiger partial charge in [-0.05, 0) is 61.4 Å². The molecule has 4 heteroatoms. The molecule has 1 N–H and O–H groups in total. The normalized spacial score (nSPS) is 14.3. The highest BCUT2D eigenvalue weighted by Crippen LogP contribution is 2.24. The molecule has 25 heavy (non-hydrogen) atoms. The summed E-state index contributed by atoms with van der Waals surface area (Å²) in [6, 6.07) is 15.3. The summed E-state index contributed by atoms with van der Waals surface area (Å²) < 4.78 is 0. The van der Waals surface area contributed by atoms with Crippen molar-refractivity contribution in [1.82, 2.24) is 5.32 Å². The van der Waals surface area contributed by atoms with Gasteiger partial charge in [-0.1, -0.05) is 36.4 Å². The van der Waals surface area contributed by atoms with Gasteiger partial charge in [-0.15, -0.1) is 0 Å². The Kier molecular flexibility index (Phi) is 5.17. The maximum Gasteiger partial charge on any atom is 0.316 e. The molecule has 0 radical (unpaired) electrons. The number of nitrogens with zero attached hydrogens (tertiary/aromatic N) is 1. The van der Waals surface area contributed by atoms with Gasteiger partial charge in [-0.25, -0.2) is 0 Å². The number of benzene rings is 2. The Morgan fingerprint density at radius 2 is 1.68 bits per heavy atom. The summed E-state index contributed by atoms with van der Waals surface area (Å²) in [7, 11) is 1.61. The summed E-state index contributed by atoms with van der Waals surface area (Å²) >= 11 is 0. The summed E-state index contributed by atoms with van der Waals surface area (Å²) in [5, 5.41) is 2.82. The summed E-state index contributed by atoms with van der Waals surface area (Å²) in [6.07, 6.45) is 4.70. The summed E-state index contributed by atoms with van der Waals surface area (Å²) in [4.78, 5) is 26.1. The van der Waals surface area contributed by atoms with Crippen molar-refractivity contribution >= 4 is 17.5 Å². The number of para-hydroxylation sites is 1. The monoisotopic (exact) mass is 336 g/mol. The van der Waals surface area contributed by atoms with Crippen molar-refractivity contribution in [2.45, 2.75) is 38.6 Å². The second kappa shape index (κ2) is 7.51. The largest absolute Gasteiger partial charge is 0.341 e. The first-order valence-corrected chi connectivity index (χ1v) is 8.81. The predicted octanol–water partition coefficient (Wildman–Crippen LogP) is 3.41. The van der Waals surface area contributed by atoms with Crippen LogP contribution in [-0.4, -0.2) is 18.9 Å². The third kappa shape index (κ3) is 3.90. The van der Waals surface area contributed by atoms with E-state index in [0.29, 0.717) is 5.69 Å². The van der Waals surface area contributed by atoms with Gasteiger partial charge >= 0.3 is 11.8 Å². The fourth-order valence-corrected chi connectivity index (χ4v) is 3.29. The topological polar surface area (TPSA) is 49.4 Å². The third-order valence-electron chi connectivity index (χ3n) is 4.86. The van der Waals surface area contributed by atoms with Gasteiger partial charge in [0, 0.05) is 12.7 Å². The van der Waals surface area contributed by atoms with Gasteiger partial charge in [0.2, 0.25) is 0 Å². The van der Waals surface area contributed by atoms with Crippen LogP contribution >= 0.6 is 0 Å². The molecule has 0 heterocycles. The van der Waals surface area contributed by atoms with Crippen molar-refractivity contribution in [3.63, 3.8) is 0 Å². The minimum absolute atomic E-state index is 0.201. The van der Waals surface area contributed by atoms with Crippen LogP contribution in [0.5, 0.6) is 0 Å². The van der Waals surface area contributed by atoms with E-state index in [1.54, 1.807) is 19.2 Å². The molecule has 3 rings (SSSR count). The van der Waals surface area contributed by atoms with Crippen LogP contribution in [0.3, 0.4) is 0 Å². The van der Waals surface area contributed by atoms with E-state index in [1.807, 2.05) is 25.1 Å². The lowest BCUT2D eigenvalue weighted by atomic mass is 9.89. The second-order valence-electron chi connectivity index (χ2n) is 6.63. The van der Waals surface area contributed by atoms with Crippen LogP contribution in [0.25, 0.3) is 0 Å². The summed E-state index contributed by atoms with van der Waals surface area (Å²) in [5.74, 6) is -1.15. The smallest absolute Gasteiger partial charge is 0.316 e. The first-order valence-electron chi connectivity index (χ1n) is 8.81. The number of nitrogens with one attached hydrogen (secondary N) is 1. The molecule has 0 bridgehead atoms. The highest BCUT2D eigenvalue weighted by molar-refractivity contribution is 6.40. The van der Waals surface area contributed by atoms with Crippen molar-refractivity contribution in [3.05, 3.63) is 65.2 Å². The summed E-state index contributed by atoms with van der Waals surface area (Å²) in [5.41, 5.74) is 4.53. The number of aryl methyl sites for hydroxylation is 2. The highest BCUT2D eigenvalue weighted by Gasteiger charge is 2.22. The molecule has 0 fully saturated rings. The number of carbonyl (C=O) groups excluding carboxylic acids is 2. The van der Waals surface area contributed by atoms with Gasteiger partial charge in [0.05, 0.1) is 6.04 Å². The second-order valence-corrected chi connectivity index (χ2v) is 6.63. The van der Waals surface area contributed by atoms with Crippen molar-refractivity contribution in [3.8, 4) is 0 Å². The molecule has 4 nitrogen and oxygen atoms in total. The van der Waals surface area contributed by atoms with Crippen molar-refractivity contribution in [2.75, 3.05) is 11.9 Å². The zero-order valence-corrected chi connectivity index (χ0v) is 14.8. The van der Waals surface area contributed by atoms with E-state index in [0.717, 1.165) is 18.4 Å². The van der Waals surface area contributed by atoms with E-state index in [2.05, 4.69) is 23.5 Å². The quantitative estimate of drug-likeness (QED) is 0.873. The van der Waals surface area contributed by atoms with Gasteiger partial charge in [0.15, 0.2) is 0 Å². The van der Waals surface area contributed by atoms with Gasteiger partial charge in [0.1, 0.15) is 0 Å². The van der Waals surface area contributed by atoms with E-state index in [-0.39, 0.29) is 6.04 Å². The number of carbonyl (C=O) groups is 2. The van der Waals surface area contributed by atoms with Gasteiger partial charge in [0.25, 0.3) is 0 Å². The number of rotatable bonds is 3. The van der Waals surface area contributed by atoms with E-state index < -0.39 is 11.8 Å². The lowest BCUT2D eigenvalue weighted by Gasteiger charge is -2.21. The zero-order chi connectivity index (χ0) is 17.8. The standard InChI is InChI=1S/C21H24N2O2/c1-15(17-13-12-16-8-6-7-9-18(16)14-17)22-20(24)21(25)23(2)19-10-4-3-5-11-19/h3-5,10-15H,6-9H2,1-2H3,(H,22,24). The first kappa shape index (κ1) is 17.2. The number of hydrogen-bond donors (Lipinski definition) is 1. The van der Waals surface area contributed by atoms with Crippen LogP contribution in [0.15, 0.2) is 48.5 Å². The third-order valence-corrected chi connectivity index (χ3v) is 4.86. The molecule has 0 aliphatic heterocycles. The van der Waals surface area contributed by atoms with Crippen LogP contribution in [0.2, 0.25) is 0 Å². The SMILES string of the molecule is CC(NC(=O)C(=O)N(C)c1ccccc1)c1ccc2c(c1)CCCC2. The Morgan fingerprint density at radius 1 is 1.00 bits per heavy atom. The number of anilines is 1. The van der Waals surface area contributed by atoms with E-state index in [9.17, 15) is 9.59 Å². The number of hydrogen-bond acceptors (Lipinski definition) is 2. The van der Waals surface area contributed by atoms with Crippen LogP contribution < -0.4 is 10.2 Å². The molecule has 0 saturated heterocycles. The van der Waals surface area contributed by atoms with Crippen LogP contribution in [0.1, 0.15) is 42.5 Å². The Bertz CT molecular complexity index is 771. The van der Waals surface area contributed by atoms with E-state index in [4.69, 9.17) is 0 Å². The Morgan fingerprint density at radius 3 is 2.40 bits per heavy atom. The molecule has 1 atom stereocenters. The molecule has 130 valence electrons. The minimum Gasteiger partial charge on any atom is -0.341 e. The number of amides is 2. The summed E-state index contributed by atoms with van der Waals surface area (Å²) in [6.45, 7) is 1.91. The van der Waals surface area contributed by atoms with Gasteiger partial charge < -0.3 is 10.2 Å². The molecule has 2 amide bonds. The molecule has 1 aliphatic carbocycles. The van der Waals surface area contributed by atoms with E-state index >= 15 is 0 Å². The van der Waals surface area contributed by atoms with E-state index in [1.165, 1.54) is 28.9 Å². The molecule has 1 aliphatic rings. The van der Waals surface area contributed by atoms with Crippen molar-refractivity contribution in [1.29, 1.82) is 0 Å². The minimum atomic E-state index is -0.587. The average Bonchev–Trinajstić information content (AvgIpc) is 2.67. The lowest BCUT2D eigenvalue weighted by Crippen LogP contribution is -2.42. The lowest BCUT2D eigenvalue weighted by molar-refractivity contribution is -0.137. The first-order chi connectivity index (χ1) is 12.1. The van der Waals surface area contributed by atoms with Gasteiger partial charge in [-0.3, -0.25) is 9.59 Å². The highest BCUT2D eigenvalue weighted by atomic mass is 16.2. The Balaban J connectivity index is 1.67. The molecular weight excluding hydrogens is 312 g/mol. The molecule has 2 aromatic rings. The molecule has 0 aromatic heterocycles. The Hall–Kier alpha value is -2.62. The molecule has 0 spiro atoms. The molecular formula is C21H24N2O2. The maximum absolute atomic E-state index is 12.4.